The fraction of sp³-hybridized carbons (Fsp3) is 0.333. The monoisotopic (exact) mass is 512 g/mol. The van der Waals surface area contributed by atoms with Gasteiger partial charge in [-0.25, -0.2) is 9.37 Å². The summed E-state index contributed by atoms with van der Waals surface area (Å²) in [4.78, 5) is 11.9. The van der Waals surface area contributed by atoms with Crippen LogP contribution in [0, 0.1) is 5.82 Å². The third kappa shape index (κ3) is 4.49. The van der Waals surface area contributed by atoms with Crippen molar-refractivity contribution < 1.29 is 4.39 Å². The Hall–Kier alpha value is -1.67. The highest BCUT2D eigenvalue weighted by atomic mass is 127. The van der Waals surface area contributed by atoms with Crippen LogP contribution in [0.3, 0.4) is 0 Å². The number of piperidine rings is 1. The summed E-state index contributed by atoms with van der Waals surface area (Å²) in [7, 11) is 0. The molecule has 0 bridgehead atoms. The maximum atomic E-state index is 13.3. The number of aromatic nitrogens is 2. The van der Waals surface area contributed by atoms with Crippen molar-refractivity contribution in [1.29, 1.82) is 0 Å². The van der Waals surface area contributed by atoms with Crippen molar-refractivity contribution in [2.45, 2.75) is 29.7 Å². The molecule has 0 radical (unpaired) electrons. The zero-order valence-corrected chi connectivity index (χ0v) is 18.6. The summed E-state index contributed by atoms with van der Waals surface area (Å²) < 4.78 is 12.9. The maximum Gasteiger partial charge on any atom is 0.227 e. The maximum absolute atomic E-state index is 13.3. The van der Waals surface area contributed by atoms with Gasteiger partial charge in [0.25, 0.3) is 0 Å². The molecule has 7 heteroatoms. The Morgan fingerprint density at radius 2 is 1.68 bits per heavy atom. The summed E-state index contributed by atoms with van der Waals surface area (Å²) in [6, 6.07) is 14.7. The molecule has 148 valence electrons. The zero-order valence-electron chi connectivity index (χ0n) is 15.7. The van der Waals surface area contributed by atoms with Gasteiger partial charge in [0.15, 0.2) is 0 Å². The van der Waals surface area contributed by atoms with Gasteiger partial charge >= 0.3 is 0 Å². The van der Waals surface area contributed by atoms with Crippen molar-refractivity contribution in [3.8, 4) is 0 Å². The Kier molecular flexibility index (Phi) is 6.60. The number of halogens is 3. The molecule has 28 heavy (non-hydrogen) atoms. The average Bonchev–Trinajstić information content (AvgIpc) is 2.69. The van der Waals surface area contributed by atoms with Crippen LogP contribution in [0.15, 0.2) is 48.5 Å². The number of hydrogen-bond acceptors (Lipinski definition) is 4. The minimum atomic E-state index is -0.429. The first-order valence-corrected chi connectivity index (χ1v) is 10.4. The smallest absolute Gasteiger partial charge is 0.227 e. The highest BCUT2D eigenvalue weighted by Crippen LogP contribution is 2.35. The third-order valence-electron chi connectivity index (χ3n) is 4.97. The van der Waals surface area contributed by atoms with Gasteiger partial charge in [0.2, 0.25) is 5.95 Å². The van der Waals surface area contributed by atoms with Gasteiger partial charge < -0.3 is 10.2 Å². The first-order chi connectivity index (χ1) is 13.0. The summed E-state index contributed by atoms with van der Waals surface area (Å²) in [5.41, 5.74) is 1.92. The lowest BCUT2D eigenvalue weighted by Gasteiger charge is -2.29. The van der Waals surface area contributed by atoms with E-state index in [2.05, 4.69) is 39.7 Å². The van der Waals surface area contributed by atoms with Crippen LogP contribution in [0.4, 0.5) is 16.2 Å². The molecule has 0 aliphatic carbocycles. The Bertz CT molecular complexity index is 943. The number of para-hydroxylation sites is 1. The number of hydrogen-bond donors (Lipinski definition) is 1. The molecule has 1 fully saturated rings. The van der Waals surface area contributed by atoms with Gasteiger partial charge in [-0.2, -0.15) is 4.98 Å². The standard InChI is InChI=1S/C21H22FIN4.ClH/c1-21(23,15-9-11-16(22)12-10-15)26-19-17-7-3-4-8-18(17)24-20(25-19)27-13-5-2-6-14-27;/h3-4,7-12H,2,5-6,13-14H2,1H3,(H,24,25,26);1H. The van der Waals surface area contributed by atoms with Crippen molar-refractivity contribution in [3.63, 3.8) is 0 Å². The molecule has 2 aromatic carbocycles. The lowest BCUT2D eigenvalue weighted by atomic mass is 10.1. The SMILES string of the molecule is CC(I)(Nc1nc(N2CCCCC2)nc2ccccc12)c1ccc(F)cc1.Cl. The first kappa shape index (κ1) is 21.0. The van der Waals surface area contributed by atoms with Crippen LogP contribution >= 0.6 is 35.0 Å². The molecule has 1 aliphatic heterocycles. The zero-order chi connectivity index (χ0) is 18.9. The van der Waals surface area contributed by atoms with E-state index in [0.29, 0.717) is 0 Å². The van der Waals surface area contributed by atoms with Crippen molar-refractivity contribution in [2.24, 2.45) is 0 Å². The van der Waals surface area contributed by atoms with Gasteiger partial charge in [-0.3, -0.25) is 0 Å². The molecule has 0 saturated carbocycles. The molecule has 1 unspecified atom stereocenters. The highest BCUT2D eigenvalue weighted by Gasteiger charge is 2.25. The third-order valence-corrected chi connectivity index (χ3v) is 5.86. The van der Waals surface area contributed by atoms with Gasteiger partial charge in [-0.1, -0.05) is 24.3 Å². The summed E-state index contributed by atoms with van der Waals surface area (Å²) in [6.45, 7) is 4.06. The van der Waals surface area contributed by atoms with Gasteiger partial charge in [-0.15, -0.1) is 12.4 Å². The van der Waals surface area contributed by atoms with Gasteiger partial charge in [-0.05, 0) is 78.6 Å². The number of benzene rings is 2. The molecule has 3 aromatic rings. The summed E-state index contributed by atoms with van der Waals surface area (Å²) in [6.07, 6.45) is 3.63. The molecule has 4 nitrogen and oxygen atoms in total. The van der Waals surface area contributed by atoms with E-state index < -0.39 is 3.55 Å². The number of nitrogens with one attached hydrogen (secondary N) is 1. The Morgan fingerprint density at radius 1 is 1.00 bits per heavy atom. The van der Waals surface area contributed by atoms with Crippen molar-refractivity contribution in [1.82, 2.24) is 9.97 Å². The van der Waals surface area contributed by atoms with Crippen molar-refractivity contribution in [2.75, 3.05) is 23.3 Å². The van der Waals surface area contributed by atoms with E-state index in [4.69, 9.17) is 9.97 Å². The topological polar surface area (TPSA) is 41.1 Å². The number of nitrogens with zero attached hydrogens (tertiary/aromatic N) is 3. The van der Waals surface area contributed by atoms with Crippen LogP contribution in [-0.4, -0.2) is 23.1 Å². The molecule has 1 N–H and O–H groups in total. The Morgan fingerprint density at radius 3 is 2.39 bits per heavy atom. The number of rotatable bonds is 4. The first-order valence-electron chi connectivity index (χ1n) is 9.28. The van der Waals surface area contributed by atoms with Crippen LogP contribution in [0.25, 0.3) is 10.9 Å². The van der Waals surface area contributed by atoms with E-state index in [1.807, 2.05) is 36.4 Å². The molecule has 1 aliphatic rings. The van der Waals surface area contributed by atoms with Crippen molar-refractivity contribution >= 4 is 57.7 Å². The van der Waals surface area contributed by atoms with E-state index in [-0.39, 0.29) is 18.2 Å². The molecular weight excluding hydrogens is 490 g/mol. The van der Waals surface area contributed by atoms with E-state index in [0.717, 1.165) is 41.3 Å². The summed E-state index contributed by atoms with van der Waals surface area (Å²) >= 11 is 2.35. The lowest BCUT2D eigenvalue weighted by Crippen LogP contribution is -2.32. The quantitative estimate of drug-likeness (QED) is 0.268. The minimum absolute atomic E-state index is 0. The van der Waals surface area contributed by atoms with Gasteiger partial charge in [0.05, 0.1) is 5.52 Å². The molecule has 0 amide bonds. The van der Waals surface area contributed by atoms with E-state index in [9.17, 15) is 4.39 Å². The Labute approximate surface area is 184 Å². The van der Waals surface area contributed by atoms with Crippen LogP contribution in [0.5, 0.6) is 0 Å². The Balaban J connectivity index is 0.00000225. The second kappa shape index (κ2) is 8.78. The fourth-order valence-corrected chi connectivity index (χ4v) is 4.07. The van der Waals surface area contributed by atoms with E-state index >= 15 is 0 Å². The summed E-state index contributed by atoms with van der Waals surface area (Å²) in [5.74, 6) is 1.36. The van der Waals surface area contributed by atoms with Crippen LogP contribution in [0.2, 0.25) is 0 Å². The van der Waals surface area contributed by atoms with Crippen molar-refractivity contribution in [3.05, 3.63) is 59.9 Å². The van der Waals surface area contributed by atoms with E-state index in [1.54, 1.807) is 0 Å². The molecule has 0 spiro atoms. The van der Waals surface area contributed by atoms with E-state index in [1.165, 1.54) is 31.4 Å². The fourth-order valence-electron chi connectivity index (χ4n) is 3.45. The van der Waals surface area contributed by atoms with Crippen LogP contribution in [-0.2, 0) is 3.55 Å². The highest BCUT2D eigenvalue weighted by molar-refractivity contribution is 14.1. The largest absolute Gasteiger partial charge is 0.351 e. The normalized spacial score (nSPS) is 16.3. The molecular formula is C21H23ClFIN4. The molecule has 1 aromatic heterocycles. The predicted octanol–water partition coefficient (Wildman–Crippen LogP) is 5.90. The predicted molar refractivity (Wildman–Crippen MR) is 124 cm³/mol. The number of alkyl halides is 1. The molecule has 4 rings (SSSR count). The number of anilines is 2. The summed E-state index contributed by atoms with van der Waals surface area (Å²) in [5, 5.41) is 4.55. The molecule has 1 atom stereocenters. The average molecular weight is 513 g/mol. The van der Waals surface area contributed by atoms with Crippen LogP contribution in [0.1, 0.15) is 31.7 Å². The van der Waals surface area contributed by atoms with Gasteiger partial charge in [0.1, 0.15) is 15.2 Å². The second-order valence-corrected chi connectivity index (χ2v) is 9.23. The van der Waals surface area contributed by atoms with Crippen LogP contribution < -0.4 is 10.2 Å². The number of fused-ring (bicyclic) bond motifs is 1. The van der Waals surface area contributed by atoms with Gasteiger partial charge in [0, 0.05) is 18.5 Å². The lowest BCUT2D eigenvalue weighted by molar-refractivity contribution is 0.569. The molecule has 1 saturated heterocycles. The second-order valence-electron chi connectivity index (χ2n) is 7.07. The minimum Gasteiger partial charge on any atom is -0.351 e. The molecule has 2 heterocycles.